The first-order valence-corrected chi connectivity index (χ1v) is 8.12. The van der Waals surface area contributed by atoms with Gasteiger partial charge in [-0.1, -0.05) is 18.2 Å². The average Bonchev–Trinajstić information content (AvgIpc) is 2.60. The molecule has 2 heterocycles. The smallest absolute Gasteiger partial charge is 0.493 e. The lowest BCUT2D eigenvalue weighted by Crippen LogP contribution is -2.34. The number of benzene rings is 1. The normalized spacial score (nSPS) is 20.0. The maximum Gasteiger partial charge on any atom is 0.513 e. The number of hydrogen-bond acceptors (Lipinski definition) is 5. The Labute approximate surface area is 149 Å². The first-order chi connectivity index (χ1) is 11.2. The maximum absolute atomic E-state index is 11.2. The molecule has 0 spiro atoms. The van der Waals surface area contributed by atoms with Crippen LogP contribution in [0.25, 0.3) is 0 Å². The van der Waals surface area contributed by atoms with Gasteiger partial charge in [0, 0.05) is 6.54 Å². The molecular formula is C18H24ClNO4. The summed E-state index contributed by atoms with van der Waals surface area (Å²) in [6, 6.07) is 8.27. The number of halogens is 1. The summed E-state index contributed by atoms with van der Waals surface area (Å²) < 4.78 is 15.5. The molecule has 3 rings (SSSR count). The number of para-hydroxylation sites is 1. The molecule has 132 valence electrons. The molecule has 1 aromatic rings. The van der Waals surface area contributed by atoms with E-state index in [1.807, 2.05) is 18.2 Å². The van der Waals surface area contributed by atoms with Gasteiger partial charge in [0.2, 0.25) is 0 Å². The van der Waals surface area contributed by atoms with Gasteiger partial charge in [-0.2, -0.15) is 0 Å². The lowest BCUT2D eigenvalue weighted by atomic mass is 9.94. The zero-order valence-electron chi connectivity index (χ0n) is 13.9. The Morgan fingerprint density at radius 2 is 2.21 bits per heavy atom. The topological polar surface area (TPSA) is 48.0 Å². The Morgan fingerprint density at radius 1 is 1.38 bits per heavy atom. The van der Waals surface area contributed by atoms with E-state index in [-0.39, 0.29) is 12.4 Å². The fraction of sp³-hybridized carbons (Fsp3) is 0.500. The van der Waals surface area contributed by atoms with Crippen LogP contribution in [-0.4, -0.2) is 44.4 Å². The summed E-state index contributed by atoms with van der Waals surface area (Å²) in [5, 5.41) is 0. The van der Waals surface area contributed by atoms with E-state index >= 15 is 0 Å². The Kier molecular flexibility index (Phi) is 6.94. The van der Waals surface area contributed by atoms with Gasteiger partial charge in [0.05, 0.1) is 20.3 Å². The molecule has 6 heteroatoms. The number of hydrogen-bond donors (Lipinski definition) is 0. The zero-order chi connectivity index (χ0) is 16.1. The van der Waals surface area contributed by atoms with Gasteiger partial charge in [0.1, 0.15) is 11.5 Å². The molecule has 0 aliphatic carbocycles. The molecule has 0 saturated heterocycles. The van der Waals surface area contributed by atoms with Crippen molar-refractivity contribution in [3.05, 3.63) is 41.7 Å². The van der Waals surface area contributed by atoms with Crippen LogP contribution in [0.1, 0.15) is 18.4 Å². The second-order valence-corrected chi connectivity index (χ2v) is 6.07. The van der Waals surface area contributed by atoms with E-state index in [2.05, 4.69) is 21.8 Å². The molecule has 2 aliphatic heterocycles. The van der Waals surface area contributed by atoms with Crippen LogP contribution in [0, 0.1) is 5.92 Å². The Balaban J connectivity index is 0.00000208. The minimum atomic E-state index is -0.643. The molecule has 5 nitrogen and oxygen atoms in total. The van der Waals surface area contributed by atoms with Gasteiger partial charge < -0.3 is 14.2 Å². The van der Waals surface area contributed by atoms with Gasteiger partial charge in [0.25, 0.3) is 0 Å². The molecule has 0 fully saturated rings. The highest BCUT2D eigenvalue weighted by molar-refractivity contribution is 5.85. The fourth-order valence-electron chi connectivity index (χ4n) is 3.13. The predicted octanol–water partition coefficient (Wildman–Crippen LogP) is 3.42. The van der Waals surface area contributed by atoms with Crippen LogP contribution in [0.2, 0.25) is 0 Å². The standard InChI is InChI=1S/C18H23NO4.ClH/c1-21-18(20)23-16-6-4-9-19(12-16)10-8-14-11-15-5-2-3-7-17(15)22-13-14;/h2-3,5-7,14H,4,8-13H2,1H3;1H. The van der Waals surface area contributed by atoms with Crippen LogP contribution in [0.3, 0.4) is 0 Å². The van der Waals surface area contributed by atoms with Gasteiger partial charge >= 0.3 is 6.16 Å². The zero-order valence-corrected chi connectivity index (χ0v) is 14.7. The van der Waals surface area contributed by atoms with E-state index in [9.17, 15) is 4.79 Å². The second-order valence-electron chi connectivity index (χ2n) is 6.07. The fourth-order valence-corrected chi connectivity index (χ4v) is 3.13. The summed E-state index contributed by atoms with van der Waals surface area (Å²) in [5.74, 6) is 2.26. The predicted molar refractivity (Wildman–Crippen MR) is 93.6 cm³/mol. The summed E-state index contributed by atoms with van der Waals surface area (Å²) in [6.45, 7) is 3.43. The minimum absolute atomic E-state index is 0. The van der Waals surface area contributed by atoms with Crippen molar-refractivity contribution in [2.24, 2.45) is 5.92 Å². The number of ether oxygens (including phenoxy) is 3. The summed E-state index contributed by atoms with van der Waals surface area (Å²) in [5.41, 5.74) is 1.30. The molecule has 0 bridgehead atoms. The van der Waals surface area contributed by atoms with Crippen molar-refractivity contribution in [3.8, 4) is 5.75 Å². The molecule has 2 aliphatic rings. The Hall–Kier alpha value is -1.72. The highest BCUT2D eigenvalue weighted by Gasteiger charge is 2.22. The van der Waals surface area contributed by atoms with Gasteiger partial charge in [0.15, 0.2) is 0 Å². The van der Waals surface area contributed by atoms with Crippen molar-refractivity contribution in [1.82, 2.24) is 4.90 Å². The third-order valence-electron chi connectivity index (χ3n) is 4.39. The highest BCUT2D eigenvalue weighted by Crippen LogP contribution is 2.28. The van der Waals surface area contributed by atoms with Gasteiger partial charge in [-0.3, -0.25) is 4.90 Å². The van der Waals surface area contributed by atoms with E-state index in [1.54, 1.807) is 0 Å². The molecule has 0 amide bonds. The largest absolute Gasteiger partial charge is 0.513 e. The number of carbonyl (C=O) groups is 1. The molecule has 0 saturated carbocycles. The van der Waals surface area contributed by atoms with Crippen LogP contribution in [-0.2, 0) is 15.9 Å². The van der Waals surface area contributed by atoms with Gasteiger partial charge in [-0.05, 0) is 49.4 Å². The summed E-state index contributed by atoms with van der Waals surface area (Å²) in [7, 11) is 1.32. The molecule has 0 aromatic heterocycles. The molecule has 1 atom stereocenters. The number of rotatable bonds is 4. The van der Waals surface area contributed by atoms with Crippen molar-refractivity contribution in [3.63, 3.8) is 0 Å². The van der Waals surface area contributed by atoms with Crippen molar-refractivity contribution < 1.29 is 19.0 Å². The summed E-state index contributed by atoms with van der Waals surface area (Å²) in [4.78, 5) is 13.5. The summed E-state index contributed by atoms with van der Waals surface area (Å²) >= 11 is 0. The lowest BCUT2D eigenvalue weighted by Gasteiger charge is -2.30. The van der Waals surface area contributed by atoms with Crippen molar-refractivity contribution in [2.75, 3.05) is 33.4 Å². The monoisotopic (exact) mass is 353 g/mol. The number of carbonyl (C=O) groups excluding carboxylic acids is 1. The number of nitrogens with zero attached hydrogens (tertiary/aromatic N) is 1. The van der Waals surface area contributed by atoms with Gasteiger partial charge in [-0.25, -0.2) is 4.79 Å². The van der Waals surface area contributed by atoms with E-state index < -0.39 is 6.16 Å². The quantitative estimate of drug-likeness (QED) is 0.776. The van der Waals surface area contributed by atoms with Gasteiger partial charge in [-0.15, -0.1) is 12.4 Å². The molecule has 0 N–H and O–H groups in total. The first-order valence-electron chi connectivity index (χ1n) is 8.12. The number of methoxy groups -OCH3 is 1. The van der Waals surface area contributed by atoms with E-state index in [4.69, 9.17) is 9.47 Å². The van der Waals surface area contributed by atoms with Crippen molar-refractivity contribution in [1.29, 1.82) is 0 Å². The Morgan fingerprint density at radius 3 is 3.04 bits per heavy atom. The average molecular weight is 354 g/mol. The van der Waals surface area contributed by atoms with Crippen molar-refractivity contribution >= 4 is 18.6 Å². The van der Waals surface area contributed by atoms with Crippen LogP contribution >= 0.6 is 12.4 Å². The molecule has 1 unspecified atom stereocenters. The maximum atomic E-state index is 11.2. The van der Waals surface area contributed by atoms with E-state index in [0.717, 1.165) is 44.7 Å². The molecular weight excluding hydrogens is 330 g/mol. The lowest BCUT2D eigenvalue weighted by molar-refractivity contribution is 0.0861. The van der Waals surface area contributed by atoms with Crippen LogP contribution < -0.4 is 4.74 Å². The van der Waals surface area contributed by atoms with E-state index in [1.165, 1.54) is 12.7 Å². The molecule has 0 radical (unpaired) electrons. The minimum Gasteiger partial charge on any atom is -0.493 e. The number of fused-ring (bicyclic) bond motifs is 1. The SMILES string of the molecule is COC(=O)OC1=CCCN(CCC2COc3ccccc3C2)C1.Cl. The molecule has 24 heavy (non-hydrogen) atoms. The van der Waals surface area contributed by atoms with E-state index in [0.29, 0.717) is 18.2 Å². The second kappa shape index (κ2) is 8.94. The third-order valence-corrected chi connectivity index (χ3v) is 4.39. The van der Waals surface area contributed by atoms with Crippen LogP contribution in [0.15, 0.2) is 36.1 Å². The van der Waals surface area contributed by atoms with Crippen LogP contribution in [0.5, 0.6) is 5.75 Å². The summed E-state index contributed by atoms with van der Waals surface area (Å²) in [6.07, 6.45) is 4.38. The van der Waals surface area contributed by atoms with Crippen molar-refractivity contribution in [2.45, 2.75) is 19.3 Å². The first kappa shape index (κ1) is 18.6. The highest BCUT2D eigenvalue weighted by atomic mass is 35.5. The molecule has 1 aromatic carbocycles. The Bertz CT molecular complexity index is 590. The van der Waals surface area contributed by atoms with Crippen LogP contribution in [0.4, 0.5) is 4.79 Å². The third kappa shape index (κ3) is 4.89.